The van der Waals surface area contributed by atoms with Crippen LogP contribution in [0.3, 0.4) is 0 Å². The summed E-state index contributed by atoms with van der Waals surface area (Å²) in [5, 5.41) is 1.12. The van der Waals surface area contributed by atoms with E-state index in [4.69, 9.17) is 27.9 Å². The Morgan fingerprint density at radius 2 is 1.87 bits per heavy atom. The van der Waals surface area contributed by atoms with Gasteiger partial charge in [-0.3, -0.25) is 4.79 Å². The van der Waals surface area contributed by atoms with Crippen LogP contribution in [0.15, 0.2) is 36.4 Å². The molecule has 0 aliphatic carbocycles. The van der Waals surface area contributed by atoms with Gasteiger partial charge in [-0.2, -0.15) is 0 Å². The Bertz CT molecular complexity index is 787. The number of aryl methyl sites for hydroxylation is 1. The van der Waals surface area contributed by atoms with Crippen molar-refractivity contribution in [1.82, 2.24) is 0 Å². The summed E-state index contributed by atoms with van der Waals surface area (Å²) in [6.45, 7) is 5.90. The van der Waals surface area contributed by atoms with Gasteiger partial charge in [-0.25, -0.2) is 0 Å². The van der Waals surface area contributed by atoms with E-state index in [0.29, 0.717) is 22.3 Å². The second-order valence-electron chi connectivity index (χ2n) is 6.21. The number of carbonyl (C=O) groups is 1. The Labute approximate surface area is 145 Å². The van der Waals surface area contributed by atoms with Crippen LogP contribution in [0, 0.1) is 6.92 Å². The number of ether oxygens (including phenoxy) is 1. The van der Waals surface area contributed by atoms with Crippen molar-refractivity contribution >= 4 is 34.8 Å². The van der Waals surface area contributed by atoms with Crippen molar-refractivity contribution in [2.75, 3.05) is 4.90 Å². The zero-order valence-corrected chi connectivity index (χ0v) is 14.7. The third kappa shape index (κ3) is 3.04. The lowest BCUT2D eigenvalue weighted by Gasteiger charge is -2.39. The molecule has 2 aromatic rings. The highest BCUT2D eigenvalue weighted by molar-refractivity contribution is 6.35. The molecule has 0 fully saturated rings. The van der Waals surface area contributed by atoms with E-state index in [2.05, 4.69) is 0 Å². The molecule has 2 aromatic carbocycles. The van der Waals surface area contributed by atoms with E-state index >= 15 is 0 Å². The minimum absolute atomic E-state index is 0.0957. The SMILES string of the molecule is Cc1ccc2c(c1)N(Cc1ccc(Cl)cc1Cl)C(=O)C(C)(C)O2. The summed E-state index contributed by atoms with van der Waals surface area (Å²) in [6, 6.07) is 11.1. The fourth-order valence-corrected chi connectivity index (χ4v) is 3.12. The van der Waals surface area contributed by atoms with Crippen LogP contribution in [0.1, 0.15) is 25.0 Å². The molecular formula is C18H17Cl2NO2. The molecule has 0 radical (unpaired) electrons. The van der Waals surface area contributed by atoms with Gasteiger partial charge >= 0.3 is 0 Å². The summed E-state index contributed by atoms with van der Waals surface area (Å²) < 4.78 is 5.86. The van der Waals surface area contributed by atoms with Crippen LogP contribution >= 0.6 is 23.2 Å². The Morgan fingerprint density at radius 3 is 2.57 bits per heavy atom. The number of carbonyl (C=O) groups excluding carboxylic acids is 1. The third-order valence-corrected chi connectivity index (χ3v) is 4.46. The summed E-state index contributed by atoms with van der Waals surface area (Å²) in [6.07, 6.45) is 0. The second-order valence-corrected chi connectivity index (χ2v) is 7.05. The first kappa shape index (κ1) is 16.2. The number of rotatable bonds is 2. The standard InChI is InChI=1S/C18H17Cl2NO2/c1-11-4-7-16-15(8-11)21(17(22)18(2,3)23-16)10-12-5-6-13(19)9-14(12)20/h4-9H,10H2,1-3H3. The van der Waals surface area contributed by atoms with E-state index in [0.717, 1.165) is 16.8 Å². The van der Waals surface area contributed by atoms with Crippen LogP contribution in [0.4, 0.5) is 5.69 Å². The predicted molar refractivity (Wildman–Crippen MR) is 93.5 cm³/mol. The van der Waals surface area contributed by atoms with Crippen LogP contribution in [0.2, 0.25) is 10.0 Å². The number of hydrogen-bond acceptors (Lipinski definition) is 2. The summed E-state index contributed by atoms with van der Waals surface area (Å²) in [7, 11) is 0. The number of halogens is 2. The number of fused-ring (bicyclic) bond motifs is 1. The molecule has 0 aromatic heterocycles. The zero-order valence-electron chi connectivity index (χ0n) is 13.2. The first-order chi connectivity index (χ1) is 10.8. The summed E-state index contributed by atoms with van der Waals surface area (Å²) in [4.78, 5) is 14.6. The minimum atomic E-state index is -0.916. The maximum atomic E-state index is 12.8. The predicted octanol–water partition coefficient (Wildman–Crippen LogP) is 5.01. The number of nitrogens with zero attached hydrogens (tertiary/aromatic N) is 1. The Hall–Kier alpha value is -1.71. The molecule has 1 amide bonds. The molecule has 3 nitrogen and oxygen atoms in total. The second kappa shape index (κ2) is 5.73. The monoisotopic (exact) mass is 349 g/mol. The lowest BCUT2D eigenvalue weighted by molar-refractivity contribution is -0.132. The van der Waals surface area contributed by atoms with Crippen molar-refractivity contribution in [3.63, 3.8) is 0 Å². The maximum absolute atomic E-state index is 12.8. The highest BCUT2D eigenvalue weighted by Gasteiger charge is 2.41. The molecule has 23 heavy (non-hydrogen) atoms. The number of amides is 1. The highest BCUT2D eigenvalue weighted by Crippen LogP contribution is 2.39. The quantitative estimate of drug-likeness (QED) is 0.762. The Kier molecular flexibility index (Phi) is 4.03. The van der Waals surface area contributed by atoms with E-state index < -0.39 is 5.60 Å². The van der Waals surface area contributed by atoms with Crippen molar-refractivity contribution in [1.29, 1.82) is 0 Å². The first-order valence-electron chi connectivity index (χ1n) is 7.33. The highest BCUT2D eigenvalue weighted by atomic mass is 35.5. The molecule has 0 atom stereocenters. The Morgan fingerprint density at radius 1 is 1.13 bits per heavy atom. The topological polar surface area (TPSA) is 29.5 Å². The molecule has 0 saturated heterocycles. The van der Waals surface area contributed by atoms with Gasteiger partial charge in [0.15, 0.2) is 5.60 Å². The number of anilines is 1. The van der Waals surface area contributed by atoms with Gasteiger partial charge in [0.25, 0.3) is 5.91 Å². The Balaban J connectivity index is 2.06. The molecule has 1 aliphatic rings. The molecule has 1 aliphatic heterocycles. The lowest BCUT2D eigenvalue weighted by Crippen LogP contribution is -2.52. The molecule has 120 valence electrons. The molecule has 0 bridgehead atoms. The first-order valence-corrected chi connectivity index (χ1v) is 8.09. The molecule has 0 spiro atoms. The summed E-state index contributed by atoms with van der Waals surface area (Å²) >= 11 is 12.2. The molecule has 3 rings (SSSR count). The summed E-state index contributed by atoms with van der Waals surface area (Å²) in [5.41, 5.74) is 1.75. The van der Waals surface area contributed by atoms with E-state index in [1.165, 1.54) is 0 Å². The van der Waals surface area contributed by atoms with Gasteiger partial charge in [0.2, 0.25) is 0 Å². The van der Waals surface area contributed by atoms with Crippen LogP contribution in [-0.4, -0.2) is 11.5 Å². The van der Waals surface area contributed by atoms with Gasteiger partial charge in [-0.1, -0.05) is 35.3 Å². The van der Waals surface area contributed by atoms with Crippen LogP contribution in [0.5, 0.6) is 5.75 Å². The van der Waals surface area contributed by atoms with Gasteiger partial charge in [0.1, 0.15) is 5.75 Å². The van der Waals surface area contributed by atoms with Gasteiger partial charge in [0, 0.05) is 10.0 Å². The normalized spacial score (nSPS) is 16.0. The number of hydrogen-bond donors (Lipinski definition) is 0. The molecule has 0 saturated carbocycles. The van der Waals surface area contributed by atoms with Gasteiger partial charge in [0.05, 0.1) is 12.2 Å². The van der Waals surface area contributed by atoms with E-state index in [1.807, 2.05) is 31.2 Å². The van der Waals surface area contributed by atoms with E-state index in [9.17, 15) is 4.79 Å². The average Bonchev–Trinajstić information content (AvgIpc) is 2.47. The van der Waals surface area contributed by atoms with Crippen molar-refractivity contribution in [3.8, 4) is 5.75 Å². The molecule has 0 N–H and O–H groups in total. The van der Waals surface area contributed by atoms with Crippen LogP contribution in [0.25, 0.3) is 0 Å². The zero-order chi connectivity index (χ0) is 16.8. The van der Waals surface area contributed by atoms with Crippen molar-refractivity contribution in [2.24, 2.45) is 0 Å². The maximum Gasteiger partial charge on any atom is 0.271 e. The summed E-state index contributed by atoms with van der Waals surface area (Å²) in [5.74, 6) is 0.604. The van der Waals surface area contributed by atoms with Crippen molar-refractivity contribution in [2.45, 2.75) is 32.9 Å². The van der Waals surface area contributed by atoms with Gasteiger partial charge in [-0.15, -0.1) is 0 Å². The minimum Gasteiger partial charge on any atom is -0.476 e. The molecule has 5 heteroatoms. The lowest BCUT2D eigenvalue weighted by atomic mass is 10.0. The smallest absolute Gasteiger partial charge is 0.271 e. The fraction of sp³-hybridized carbons (Fsp3) is 0.278. The average molecular weight is 350 g/mol. The number of benzene rings is 2. The van der Waals surface area contributed by atoms with Gasteiger partial charge < -0.3 is 9.64 Å². The van der Waals surface area contributed by atoms with Gasteiger partial charge in [-0.05, 0) is 56.2 Å². The van der Waals surface area contributed by atoms with Crippen LogP contribution < -0.4 is 9.64 Å². The van der Waals surface area contributed by atoms with Crippen LogP contribution in [-0.2, 0) is 11.3 Å². The molecule has 1 heterocycles. The van der Waals surface area contributed by atoms with E-state index in [1.54, 1.807) is 30.9 Å². The third-order valence-electron chi connectivity index (χ3n) is 3.87. The largest absolute Gasteiger partial charge is 0.476 e. The van der Waals surface area contributed by atoms with E-state index in [-0.39, 0.29) is 5.91 Å². The fourth-order valence-electron chi connectivity index (χ4n) is 2.65. The van der Waals surface area contributed by atoms with Crippen molar-refractivity contribution in [3.05, 3.63) is 57.6 Å². The molecule has 0 unspecified atom stereocenters. The molecular weight excluding hydrogens is 333 g/mol. The van der Waals surface area contributed by atoms with Crippen molar-refractivity contribution < 1.29 is 9.53 Å².